The van der Waals surface area contributed by atoms with Crippen molar-refractivity contribution in [2.45, 2.75) is 26.2 Å². The van der Waals surface area contributed by atoms with Gasteiger partial charge in [-0.25, -0.2) is 4.39 Å². The van der Waals surface area contributed by atoms with Gasteiger partial charge in [0.2, 0.25) is 11.8 Å². The monoisotopic (exact) mass is 398 g/mol. The predicted octanol–water partition coefficient (Wildman–Crippen LogP) is 3.08. The van der Waals surface area contributed by atoms with Gasteiger partial charge in [-0.3, -0.25) is 9.59 Å². The minimum Gasteiger partial charge on any atom is -0.381 e. The van der Waals surface area contributed by atoms with Gasteiger partial charge < -0.3 is 15.4 Å². The molecule has 0 atom stereocenters. The lowest BCUT2D eigenvalue weighted by Crippen LogP contribution is -2.47. The number of ether oxygens (including phenoxy) is 1. The van der Waals surface area contributed by atoms with Gasteiger partial charge in [-0.15, -0.1) is 0 Å². The Balaban J connectivity index is 1.74. The van der Waals surface area contributed by atoms with Gasteiger partial charge in [0.05, 0.1) is 5.41 Å². The van der Waals surface area contributed by atoms with Crippen LogP contribution < -0.4 is 10.6 Å². The first-order chi connectivity index (χ1) is 14.0. The zero-order chi connectivity index (χ0) is 20.7. The third-order valence-electron chi connectivity index (χ3n) is 5.36. The van der Waals surface area contributed by atoms with Crippen molar-refractivity contribution in [3.63, 3.8) is 0 Å². The van der Waals surface area contributed by atoms with E-state index < -0.39 is 5.41 Å². The highest BCUT2D eigenvalue weighted by molar-refractivity contribution is 5.83. The van der Waals surface area contributed by atoms with Crippen LogP contribution in [0.5, 0.6) is 0 Å². The fourth-order valence-corrected chi connectivity index (χ4v) is 3.74. The van der Waals surface area contributed by atoms with E-state index in [-0.39, 0.29) is 17.6 Å². The Morgan fingerprint density at radius 2 is 1.69 bits per heavy atom. The molecule has 0 aliphatic carbocycles. The van der Waals surface area contributed by atoms with Gasteiger partial charge in [-0.2, -0.15) is 0 Å². The zero-order valence-corrected chi connectivity index (χ0v) is 16.7. The average molecular weight is 398 g/mol. The summed E-state index contributed by atoms with van der Waals surface area (Å²) in [6.45, 7) is 3.37. The van der Waals surface area contributed by atoms with Crippen molar-refractivity contribution in [2.75, 3.05) is 26.3 Å². The number of amides is 2. The number of hydrogen-bond acceptors (Lipinski definition) is 3. The highest BCUT2D eigenvalue weighted by Gasteiger charge is 2.39. The Kier molecular flexibility index (Phi) is 6.99. The first-order valence-electron chi connectivity index (χ1n) is 9.94. The van der Waals surface area contributed by atoms with Gasteiger partial charge in [0.15, 0.2) is 0 Å². The second-order valence-corrected chi connectivity index (χ2v) is 7.52. The van der Waals surface area contributed by atoms with E-state index in [0.717, 1.165) is 16.7 Å². The summed E-state index contributed by atoms with van der Waals surface area (Å²) in [7, 11) is 0. The number of carbonyl (C=O) groups excluding carboxylic acids is 2. The third-order valence-corrected chi connectivity index (χ3v) is 5.36. The van der Waals surface area contributed by atoms with Gasteiger partial charge in [0.25, 0.3) is 0 Å². The summed E-state index contributed by atoms with van der Waals surface area (Å²) >= 11 is 0. The lowest BCUT2D eigenvalue weighted by atomic mass is 9.74. The molecule has 0 radical (unpaired) electrons. The number of halogens is 1. The highest BCUT2D eigenvalue weighted by atomic mass is 19.1. The van der Waals surface area contributed by atoms with Gasteiger partial charge in [0, 0.05) is 33.2 Å². The maximum absolute atomic E-state index is 13.2. The summed E-state index contributed by atoms with van der Waals surface area (Å²) in [5, 5.41) is 5.66. The lowest BCUT2D eigenvalue weighted by Gasteiger charge is -2.36. The number of nitrogens with one attached hydrogen (secondary N) is 2. The SMILES string of the molecule is CC(=O)NCCNC(=O)C1(Cc2cccc(-c3ccc(F)cc3)c2)CCOCC1. The normalized spacial score (nSPS) is 15.5. The van der Waals surface area contributed by atoms with Crippen molar-refractivity contribution in [1.29, 1.82) is 0 Å². The molecule has 2 N–H and O–H groups in total. The molecule has 5 nitrogen and oxygen atoms in total. The molecule has 1 fully saturated rings. The van der Waals surface area contributed by atoms with Crippen molar-refractivity contribution in [2.24, 2.45) is 5.41 Å². The molecule has 0 unspecified atom stereocenters. The van der Waals surface area contributed by atoms with E-state index in [4.69, 9.17) is 4.74 Å². The van der Waals surface area contributed by atoms with Crippen LogP contribution in [0.15, 0.2) is 48.5 Å². The molecule has 1 aliphatic heterocycles. The van der Waals surface area contributed by atoms with Crippen molar-refractivity contribution in [3.8, 4) is 11.1 Å². The Hall–Kier alpha value is -2.73. The van der Waals surface area contributed by atoms with Crippen molar-refractivity contribution >= 4 is 11.8 Å². The topological polar surface area (TPSA) is 67.4 Å². The molecule has 29 heavy (non-hydrogen) atoms. The quantitative estimate of drug-likeness (QED) is 0.705. The first-order valence-corrected chi connectivity index (χ1v) is 9.94. The van der Waals surface area contributed by atoms with E-state index in [1.807, 2.05) is 18.2 Å². The molecule has 6 heteroatoms. The van der Waals surface area contributed by atoms with Crippen LogP contribution in [0.4, 0.5) is 4.39 Å². The summed E-state index contributed by atoms with van der Waals surface area (Å²) in [5.74, 6) is -0.377. The summed E-state index contributed by atoms with van der Waals surface area (Å²) in [5.41, 5.74) is 2.46. The molecule has 3 rings (SSSR count). The molecule has 0 bridgehead atoms. The fraction of sp³-hybridized carbons (Fsp3) is 0.391. The van der Waals surface area contributed by atoms with E-state index in [0.29, 0.717) is 45.6 Å². The van der Waals surface area contributed by atoms with Crippen LogP contribution in [0, 0.1) is 11.2 Å². The zero-order valence-electron chi connectivity index (χ0n) is 16.7. The minimum absolute atomic E-state index is 0.00154. The van der Waals surface area contributed by atoms with Crippen LogP contribution in [-0.2, 0) is 20.7 Å². The maximum atomic E-state index is 13.2. The second kappa shape index (κ2) is 9.65. The van der Waals surface area contributed by atoms with Crippen LogP contribution in [0.1, 0.15) is 25.3 Å². The molecule has 0 aromatic heterocycles. The van der Waals surface area contributed by atoms with E-state index in [1.54, 1.807) is 12.1 Å². The second-order valence-electron chi connectivity index (χ2n) is 7.52. The summed E-state index contributed by atoms with van der Waals surface area (Å²) in [6.07, 6.45) is 1.91. The third kappa shape index (κ3) is 5.64. The molecular weight excluding hydrogens is 371 g/mol. The van der Waals surface area contributed by atoms with E-state index >= 15 is 0 Å². The average Bonchev–Trinajstić information content (AvgIpc) is 2.72. The summed E-state index contributed by atoms with van der Waals surface area (Å²) in [6, 6.07) is 14.5. The van der Waals surface area contributed by atoms with E-state index in [9.17, 15) is 14.0 Å². The van der Waals surface area contributed by atoms with Crippen molar-refractivity contribution in [3.05, 3.63) is 59.9 Å². The Morgan fingerprint density at radius 3 is 2.38 bits per heavy atom. The molecule has 2 amide bonds. The van der Waals surface area contributed by atoms with Gasteiger partial charge >= 0.3 is 0 Å². The van der Waals surface area contributed by atoms with Gasteiger partial charge in [-0.1, -0.05) is 36.4 Å². The first kappa shape index (κ1) is 21.0. The van der Waals surface area contributed by atoms with Crippen LogP contribution in [0.25, 0.3) is 11.1 Å². The molecule has 1 saturated heterocycles. The molecule has 2 aromatic rings. The summed E-state index contributed by atoms with van der Waals surface area (Å²) < 4.78 is 18.7. The van der Waals surface area contributed by atoms with E-state index in [2.05, 4.69) is 16.7 Å². The van der Waals surface area contributed by atoms with Crippen LogP contribution in [0.2, 0.25) is 0 Å². The van der Waals surface area contributed by atoms with Crippen LogP contribution in [-0.4, -0.2) is 38.1 Å². The standard InChI is InChI=1S/C23H27FN2O3/c1-17(27)25-11-12-26-22(28)23(9-13-29-14-10-23)16-18-3-2-4-20(15-18)19-5-7-21(24)8-6-19/h2-8,15H,9-14,16H2,1H3,(H,25,27)(H,26,28). The number of carbonyl (C=O) groups is 2. The molecule has 1 heterocycles. The Morgan fingerprint density at radius 1 is 1.00 bits per heavy atom. The summed E-state index contributed by atoms with van der Waals surface area (Å²) in [4.78, 5) is 24.0. The number of rotatable bonds is 7. The Labute approximate surface area is 170 Å². The maximum Gasteiger partial charge on any atom is 0.226 e. The number of benzene rings is 2. The number of hydrogen-bond donors (Lipinski definition) is 2. The van der Waals surface area contributed by atoms with Gasteiger partial charge in [0.1, 0.15) is 5.82 Å². The molecule has 154 valence electrons. The Bertz CT molecular complexity index is 845. The van der Waals surface area contributed by atoms with Gasteiger partial charge in [-0.05, 0) is 48.1 Å². The molecule has 0 saturated carbocycles. The highest BCUT2D eigenvalue weighted by Crippen LogP contribution is 2.35. The molecular formula is C23H27FN2O3. The minimum atomic E-state index is -0.532. The predicted molar refractivity (Wildman–Crippen MR) is 110 cm³/mol. The fourth-order valence-electron chi connectivity index (χ4n) is 3.74. The van der Waals surface area contributed by atoms with Crippen molar-refractivity contribution in [1.82, 2.24) is 10.6 Å². The van der Waals surface area contributed by atoms with E-state index in [1.165, 1.54) is 19.1 Å². The molecule has 1 aliphatic rings. The molecule has 0 spiro atoms. The largest absolute Gasteiger partial charge is 0.381 e. The van der Waals surface area contributed by atoms with Crippen molar-refractivity contribution < 1.29 is 18.7 Å². The van der Waals surface area contributed by atoms with Crippen LogP contribution >= 0.6 is 0 Å². The smallest absolute Gasteiger partial charge is 0.226 e. The lowest BCUT2D eigenvalue weighted by molar-refractivity contribution is -0.136. The van der Waals surface area contributed by atoms with Crippen LogP contribution in [0.3, 0.4) is 0 Å². The molecule has 2 aromatic carbocycles.